The van der Waals surface area contributed by atoms with Crippen molar-refractivity contribution >= 4 is 11.8 Å². The molecule has 0 atom stereocenters. The second-order valence-electron chi connectivity index (χ2n) is 3.21. The first-order chi connectivity index (χ1) is 7.11. The first-order valence-electron chi connectivity index (χ1n) is 4.36. The summed E-state index contributed by atoms with van der Waals surface area (Å²) in [6, 6.07) is 1.88. The van der Waals surface area contributed by atoms with Crippen LogP contribution in [0.25, 0.3) is 0 Å². The van der Waals surface area contributed by atoms with Gasteiger partial charge in [0, 0.05) is 0 Å². The van der Waals surface area contributed by atoms with Gasteiger partial charge in [0.1, 0.15) is 5.69 Å². The zero-order valence-corrected chi connectivity index (χ0v) is 8.79. The van der Waals surface area contributed by atoms with E-state index in [-0.39, 0.29) is 0 Å². The molecule has 0 N–H and O–H groups in total. The summed E-state index contributed by atoms with van der Waals surface area (Å²) < 4.78 is 4.79. The Balaban J connectivity index is 3.54. The third kappa shape index (κ3) is 2.04. The summed E-state index contributed by atoms with van der Waals surface area (Å²) in [7, 11) is 0. The van der Waals surface area contributed by atoms with Crippen molar-refractivity contribution in [1.82, 2.24) is 0 Å². The molecule has 4 nitrogen and oxygen atoms in total. The molecule has 0 aliphatic carbocycles. The van der Waals surface area contributed by atoms with Gasteiger partial charge in [0.25, 0.3) is 6.26 Å². The molecule has 15 heavy (non-hydrogen) atoms. The summed E-state index contributed by atoms with van der Waals surface area (Å²) in [6.07, 6.45) is 3.04. The first-order valence-corrected chi connectivity index (χ1v) is 4.36. The molecule has 0 unspecified atom stereocenters. The number of hydrogen-bond acceptors (Lipinski definition) is 4. The highest BCUT2D eigenvalue weighted by Gasteiger charge is 2.12. The number of aliphatic imine (C=N–C) groups is 1. The van der Waals surface area contributed by atoms with Crippen molar-refractivity contribution in [3.05, 3.63) is 22.8 Å². The Morgan fingerprint density at radius 1 is 1.33 bits per heavy atom. The van der Waals surface area contributed by atoms with Gasteiger partial charge in [-0.1, -0.05) is 6.07 Å². The van der Waals surface area contributed by atoms with E-state index in [0.717, 1.165) is 16.7 Å². The first kappa shape index (κ1) is 11.0. The lowest BCUT2D eigenvalue weighted by Crippen LogP contribution is -1.92. The maximum Gasteiger partial charge on any atom is 0.292 e. The van der Waals surface area contributed by atoms with Gasteiger partial charge in [-0.25, -0.2) is 4.79 Å². The van der Waals surface area contributed by atoms with Crippen LogP contribution in [0.3, 0.4) is 0 Å². The van der Waals surface area contributed by atoms with Crippen LogP contribution in [0.4, 0.5) is 5.69 Å². The second-order valence-corrected chi connectivity index (χ2v) is 3.21. The molecule has 0 heterocycles. The van der Waals surface area contributed by atoms with Crippen LogP contribution >= 0.6 is 0 Å². The second kappa shape index (κ2) is 4.41. The standard InChI is InChI=1S/C11H10N2O2/c1-7-4-8(2)11(15-5-12)10(9(7)3)13-6-14/h4H,1-3H3. The number of ether oxygens (including phenoxy) is 1. The smallest absolute Gasteiger partial charge is 0.292 e. The van der Waals surface area contributed by atoms with Crippen LogP contribution in [0.1, 0.15) is 16.7 Å². The van der Waals surface area contributed by atoms with Crippen molar-refractivity contribution in [3.63, 3.8) is 0 Å². The van der Waals surface area contributed by atoms with Gasteiger partial charge in [-0.2, -0.15) is 4.99 Å². The van der Waals surface area contributed by atoms with Crippen LogP contribution in [0.15, 0.2) is 11.1 Å². The molecule has 0 aliphatic heterocycles. The number of carbonyl (C=O) groups excluding carboxylic acids is 1. The minimum atomic E-state index is 0.323. The molecule has 76 valence electrons. The van der Waals surface area contributed by atoms with Crippen molar-refractivity contribution < 1.29 is 9.53 Å². The molecule has 4 heteroatoms. The van der Waals surface area contributed by atoms with E-state index in [4.69, 9.17) is 10.00 Å². The molecule has 0 fully saturated rings. The largest absolute Gasteiger partial charge is 0.385 e. The lowest BCUT2D eigenvalue weighted by atomic mass is 10.0. The van der Waals surface area contributed by atoms with Gasteiger partial charge in [0.2, 0.25) is 6.08 Å². The van der Waals surface area contributed by atoms with Crippen molar-refractivity contribution in [1.29, 1.82) is 5.26 Å². The van der Waals surface area contributed by atoms with Gasteiger partial charge < -0.3 is 4.74 Å². The predicted octanol–water partition coefficient (Wildman–Crippen LogP) is 2.44. The van der Waals surface area contributed by atoms with Crippen molar-refractivity contribution in [2.24, 2.45) is 4.99 Å². The van der Waals surface area contributed by atoms with Crippen molar-refractivity contribution in [2.75, 3.05) is 0 Å². The number of nitriles is 1. The van der Waals surface area contributed by atoms with Gasteiger partial charge in [0.05, 0.1) is 0 Å². The van der Waals surface area contributed by atoms with Gasteiger partial charge in [-0.15, -0.1) is 5.26 Å². The quantitative estimate of drug-likeness (QED) is 0.420. The topological polar surface area (TPSA) is 62.4 Å². The number of isocyanates is 1. The molecule has 0 radical (unpaired) electrons. The van der Waals surface area contributed by atoms with Gasteiger partial charge >= 0.3 is 0 Å². The van der Waals surface area contributed by atoms with Crippen molar-refractivity contribution in [2.45, 2.75) is 20.8 Å². The highest BCUT2D eigenvalue weighted by molar-refractivity contribution is 5.67. The maximum absolute atomic E-state index is 10.3. The Labute approximate surface area is 87.8 Å². The molecule has 1 aromatic carbocycles. The fourth-order valence-electron chi connectivity index (χ4n) is 1.40. The van der Waals surface area contributed by atoms with Gasteiger partial charge in [0.15, 0.2) is 5.75 Å². The maximum atomic E-state index is 10.3. The molecular formula is C11H10N2O2. The molecule has 0 amide bonds. The van der Waals surface area contributed by atoms with Crippen LogP contribution in [0.2, 0.25) is 0 Å². The Bertz CT molecular complexity index is 480. The summed E-state index contributed by atoms with van der Waals surface area (Å²) >= 11 is 0. The summed E-state index contributed by atoms with van der Waals surface area (Å²) in [5.41, 5.74) is 2.96. The van der Waals surface area contributed by atoms with Crippen LogP contribution in [-0.4, -0.2) is 6.08 Å². The van der Waals surface area contributed by atoms with E-state index in [1.54, 1.807) is 13.2 Å². The number of nitrogens with zero attached hydrogens (tertiary/aromatic N) is 2. The number of benzene rings is 1. The van der Waals surface area contributed by atoms with E-state index in [1.165, 1.54) is 6.08 Å². The lowest BCUT2D eigenvalue weighted by Gasteiger charge is -2.10. The van der Waals surface area contributed by atoms with Crippen LogP contribution in [0.5, 0.6) is 5.75 Å². The minimum absolute atomic E-state index is 0.323. The van der Waals surface area contributed by atoms with E-state index >= 15 is 0 Å². The SMILES string of the molecule is Cc1cc(C)c(OC#N)c(N=C=O)c1C. The summed E-state index contributed by atoms with van der Waals surface area (Å²) in [6.45, 7) is 5.51. The lowest BCUT2D eigenvalue weighted by molar-refractivity contribution is 0.503. The fourth-order valence-corrected chi connectivity index (χ4v) is 1.40. The molecule has 0 saturated heterocycles. The van der Waals surface area contributed by atoms with E-state index in [2.05, 4.69) is 4.99 Å². The summed E-state index contributed by atoms with van der Waals surface area (Å²) in [5.74, 6) is 0.323. The molecule has 0 aliphatic rings. The zero-order chi connectivity index (χ0) is 11.4. The molecule has 0 saturated carbocycles. The normalized spacial score (nSPS) is 8.93. The third-order valence-electron chi connectivity index (χ3n) is 2.26. The van der Waals surface area contributed by atoms with Gasteiger partial charge in [-0.05, 0) is 37.5 Å². The van der Waals surface area contributed by atoms with Crippen LogP contribution < -0.4 is 4.74 Å². The average molecular weight is 202 g/mol. The van der Waals surface area contributed by atoms with Gasteiger partial charge in [-0.3, -0.25) is 0 Å². The molecular weight excluding hydrogens is 192 g/mol. The molecule has 1 rings (SSSR count). The highest BCUT2D eigenvalue weighted by Crippen LogP contribution is 2.36. The average Bonchev–Trinajstić information content (AvgIpc) is 2.20. The molecule has 0 spiro atoms. The Morgan fingerprint density at radius 2 is 2.00 bits per heavy atom. The summed E-state index contributed by atoms with van der Waals surface area (Å²) in [4.78, 5) is 13.8. The van der Waals surface area contributed by atoms with Crippen LogP contribution in [0, 0.1) is 32.3 Å². The number of rotatable bonds is 2. The number of aryl methyl sites for hydroxylation is 2. The summed E-state index contributed by atoms with van der Waals surface area (Å²) in [5, 5.41) is 8.48. The Kier molecular flexibility index (Phi) is 3.22. The van der Waals surface area contributed by atoms with E-state index < -0.39 is 0 Å². The monoisotopic (exact) mass is 202 g/mol. The fraction of sp³-hybridized carbons (Fsp3) is 0.273. The van der Waals surface area contributed by atoms with E-state index in [1.807, 2.05) is 19.9 Å². The minimum Gasteiger partial charge on any atom is -0.385 e. The third-order valence-corrected chi connectivity index (χ3v) is 2.26. The van der Waals surface area contributed by atoms with E-state index in [0.29, 0.717) is 11.4 Å². The predicted molar refractivity (Wildman–Crippen MR) is 54.7 cm³/mol. The Hall–Kier alpha value is -2.11. The van der Waals surface area contributed by atoms with E-state index in [9.17, 15) is 4.79 Å². The van der Waals surface area contributed by atoms with Crippen LogP contribution in [-0.2, 0) is 4.79 Å². The van der Waals surface area contributed by atoms with Crippen molar-refractivity contribution in [3.8, 4) is 12.0 Å². The number of hydrogen-bond donors (Lipinski definition) is 0. The Morgan fingerprint density at radius 3 is 2.53 bits per heavy atom. The molecule has 0 bridgehead atoms. The molecule has 1 aromatic rings. The molecule has 0 aromatic heterocycles. The highest BCUT2D eigenvalue weighted by atomic mass is 16.5. The zero-order valence-electron chi connectivity index (χ0n) is 8.79.